The van der Waals surface area contributed by atoms with Gasteiger partial charge in [0.25, 0.3) is 0 Å². The van der Waals surface area contributed by atoms with E-state index < -0.39 is 0 Å². The normalized spacial score (nSPS) is 10.9. The summed E-state index contributed by atoms with van der Waals surface area (Å²) in [6.45, 7) is 2.05. The maximum Gasteiger partial charge on any atom is 0.234 e. The van der Waals surface area contributed by atoms with Crippen molar-refractivity contribution in [3.8, 4) is 5.69 Å². The van der Waals surface area contributed by atoms with E-state index in [0.29, 0.717) is 27.3 Å². The molecule has 1 amide bonds. The standard InChI is InChI=1S/C22H18Cl2N4OS2/c1-14-4-7-16(8-5-14)28-20(12-17-3-2-10-30-17)26-27-22(28)31-13-21(29)25-19-9-6-15(23)11-18(19)24/h2-11H,12-13H2,1H3,(H,25,29). The zero-order valence-electron chi connectivity index (χ0n) is 16.5. The maximum absolute atomic E-state index is 12.5. The summed E-state index contributed by atoms with van der Waals surface area (Å²) < 4.78 is 2.01. The molecule has 158 valence electrons. The topological polar surface area (TPSA) is 59.8 Å². The fourth-order valence-corrected chi connectivity index (χ4v) is 4.87. The Kier molecular flexibility index (Phi) is 6.97. The molecule has 0 radical (unpaired) electrons. The van der Waals surface area contributed by atoms with Crippen molar-refractivity contribution in [1.29, 1.82) is 0 Å². The van der Waals surface area contributed by atoms with Gasteiger partial charge in [0, 0.05) is 22.0 Å². The average Bonchev–Trinajstić information content (AvgIpc) is 3.40. The molecular formula is C22H18Cl2N4OS2. The van der Waals surface area contributed by atoms with Crippen molar-refractivity contribution in [2.75, 3.05) is 11.1 Å². The van der Waals surface area contributed by atoms with Gasteiger partial charge in [-0.05, 0) is 48.7 Å². The second-order valence-electron chi connectivity index (χ2n) is 6.79. The molecule has 0 aliphatic heterocycles. The van der Waals surface area contributed by atoms with Crippen molar-refractivity contribution in [1.82, 2.24) is 14.8 Å². The molecule has 31 heavy (non-hydrogen) atoms. The Morgan fingerprint density at radius 2 is 1.94 bits per heavy atom. The Balaban J connectivity index is 1.53. The number of benzene rings is 2. The molecule has 5 nitrogen and oxygen atoms in total. The van der Waals surface area contributed by atoms with E-state index in [1.165, 1.54) is 22.2 Å². The van der Waals surface area contributed by atoms with Gasteiger partial charge in [-0.1, -0.05) is 58.7 Å². The van der Waals surface area contributed by atoms with Crippen LogP contribution in [0.4, 0.5) is 5.69 Å². The number of hydrogen-bond acceptors (Lipinski definition) is 5. The molecule has 4 aromatic rings. The summed E-state index contributed by atoms with van der Waals surface area (Å²) in [5, 5.41) is 15.2. The number of nitrogens with zero attached hydrogens (tertiary/aromatic N) is 3. The lowest BCUT2D eigenvalue weighted by molar-refractivity contribution is -0.113. The van der Waals surface area contributed by atoms with E-state index in [4.69, 9.17) is 23.2 Å². The first kappa shape index (κ1) is 21.9. The summed E-state index contributed by atoms with van der Waals surface area (Å²) in [6.07, 6.45) is 0.672. The van der Waals surface area contributed by atoms with E-state index >= 15 is 0 Å². The molecule has 1 N–H and O–H groups in total. The number of aromatic nitrogens is 3. The SMILES string of the molecule is Cc1ccc(-n2c(Cc3cccs3)nnc2SCC(=O)Nc2ccc(Cl)cc2Cl)cc1. The number of thioether (sulfide) groups is 1. The minimum Gasteiger partial charge on any atom is -0.324 e. The Morgan fingerprint density at radius 3 is 2.65 bits per heavy atom. The van der Waals surface area contributed by atoms with E-state index in [9.17, 15) is 4.79 Å². The van der Waals surface area contributed by atoms with Crippen LogP contribution in [0.2, 0.25) is 10.0 Å². The molecule has 0 fully saturated rings. The van der Waals surface area contributed by atoms with Crippen molar-refractivity contribution in [3.05, 3.63) is 86.3 Å². The Hall–Kier alpha value is -2.32. The molecule has 2 heterocycles. The van der Waals surface area contributed by atoms with Gasteiger partial charge in [0.05, 0.1) is 16.5 Å². The van der Waals surface area contributed by atoms with E-state index in [-0.39, 0.29) is 11.7 Å². The minimum atomic E-state index is -0.188. The van der Waals surface area contributed by atoms with E-state index in [1.54, 1.807) is 29.5 Å². The van der Waals surface area contributed by atoms with Gasteiger partial charge < -0.3 is 5.32 Å². The highest BCUT2D eigenvalue weighted by molar-refractivity contribution is 7.99. The van der Waals surface area contributed by atoms with Gasteiger partial charge >= 0.3 is 0 Å². The first-order valence-electron chi connectivity index (χ1n) is 9.41. The van der Waals surface area contributed by atoms with Gasteiger partial charge in [0.2, 0.25) is 5.91 Å². The predicted octanol–water partition coefficient (Wildman–Crippen LogP) is 6.27. The van der Waals surface area contributed by atoms with Crippen molar-refractivity contribution < 1.29 is 4.79 Å². The number of rotatable bonds is 7. The molecule has 0 aliphatic carbocycles. The highest BCUT2D eigenvalue weighted by Crippen LogP contribution is 2.27. The molecule has 0 saturated carbocycles. The fourth-order valence-electron chi connectivity index (χ4n) is 2.94. The van der Waals surface area contributed by atoms with Crippen LogP contribution in [0, 0.1) is 6.92 Å². The van der Waals surface area contributed by atoms with E-state index in [2.05, 4.69) is 21.6 Å². The van der Waals surface area contributed by atoms with Crippen LogP contribution in [0.3, 0.4) is 0 Å². The third kappa shape index (κ3) is 5.49. The number of aryl methyl sites for hydroxylation is 1. The van der Waals surface area contributed by atoms with Crippen molar-refractivity contribution in [2.45, 2.75) is 18.5 Å². The summed E-state index contributed by atoms with van der Waals surface area (Å²) in [4.78, 5) is 13.7. The second-order valence-corrected chi connectivity index (χ2v) is 9.61. The number of amides is 1. The smallest absolute Gasteiger partial charge is 0.234 e. The van der Waals surface area contributed by atoms with Crippen molar-refractivity contribution in [3.63, 3.8) is 0 Å². The molecule has 0 bridgehead atoms. The molecular weight excluding hydrogens is 471 g/mol. The van der Waals surface area contributed by atoms with Gasteiger partial charge in [-0.25, -0.2) is 0 Å². The summed E-state index contributed by atoms with van der Waals surface area (Å²) in [5.74, 6) is 0.810. The monoisotopic (exact) mass is 488 g/mol. The Labute approximate surface area is 198 Å². The van der Waals surface area contributed by atoms with Crippen LogP contribution in [0.1, 0.15) is 16.3 Å². The predicted molar refractivity (Wildman–Crippen MR) is 129 cm³/mol. The van der Waals surface area contributed by atoms with E-state index in [1.807, 2.05) is 47.2 Å². The molecule has 2 aromatic heterocycles. The third-order valence-electron chi connectivity index (χ3n) is 4.44. The number of halogens is 2. The number of carbonyl (C=O) groups excluding carboxylic acids is 1. The number of hydrogen-bond donors (Lipinski definition) is 1. The van der Waals surface area contributed by atoms with E-state index in [0.717, 1.165) is 11.5 Å². The van der Waals surface area contributed by atoms with Crippen molar-refractivity contribution >= 4 is 57.9 Å². The summed E-state index contributed by atoms with van der Waals surface area (Å²) in [5.41, 5.74) is 2.66. The highest BCUT2D eigenvalue weighted by Gasteiger charge is 2.17. The average molecular weight is 489 g/mol. The maximum atomic E-state index is 12.5. The van der Waals surface area contributed by atoms with Crippen LogP contribution in [0.5, 0.6) is 0 Å². The summed E-state index contributed by atoms with van der Waals surface area (Å²) >= 11 is 15.1. The molecule has 0 atom stereocenters. The lowest BCUT2D eigenvalue weighted by atomic mass is 10.2. The molecule has 4 rings (SSSR count). The van der Waals surface area contributed by atoms with Crippen LogP contribution in [0.15, 0.2) is 65.1 Å². The van der Waals surface area contributed by atoms with Gasteiger partial charge in [-0.15, -0.1) is 21.5 Å². The Bertz CT molecular complexity index is 1190. The van der Waals surface area contributed by atoms with Gasteiger partial charge in [0.15, 0.2) is 5.16 Å². The van der Waals surface area contributed by atoms with Gasteiger partial charge in [-0.3, -0.25) is 9.36 Å². The zero-order valence-corrected chi connectivity index (χ0v) is 19.7. The zero-order chi connectivity index (χ0) is 21.8. The molecule has 0 unspecified atom stereocenters. The fraction of sp³-hybridized carbons (Fsp3) is 0.136. The van der Waals surface area contributed by atoms with Crippen LogP contribution in [-0.2, 0) is 11.2 Å². The number of carbonyl (C=O) groups is 1. The third-order valence-corrected chi connectivity index (χ3v) is 6.80. The van der Waals surface area contributed by atoms with Crippen LogP contribution in [-0.4, -0.2) is 26.4 Å². The number of thiophene rings is 1. The van der Waals surface area contributed by atoms with Crippen LogP contribution >= 0.6 is 46.3 Å². The van der Waals surface area contributed by atoms with Crippen LogP contribution < -0.4 is 5.32 Å². The van der Waals surface area contributed by atoms with Crippen molar-refractivity contribution in [2.24, 2.45) is 0 Å². The lowest BCUT2D eigenvalue weighted by Crippen LogP contribution is -2.15. The molecule has 2 aromatic carbocycles. The van der Waals surface area contributed by atoms with Gasteiger partial charge in [-0.2, -0.15) is 0 Å². The quantitative estimate of drug-likeness (QED) is 0.311. The molecule has 0 aliphatic rings. The highest BCUT2D eigenvalue weighted by atomic mass is 35.5. The summed E-state index contributed by atoms with van der Waals surface area (Å²) in [6, 6.07) is 17.2. The lowest BCUT2D eigenvalue weighted by Gasteiger charge is -2.11. The second kappa shape index (κ2) is 9.87. The molecule has 9 heteroatoms. The minimum absolute atomic E-state index is 0.169. The Morgan fingerprint density at radius 1 is 1.13 bits per heavy atom. The van der Waals surface area contributed by atoms with Crippen LogP contribution in [0.25, 0.3) is 5.69 Å². The molecule has 0 saturated heterocycles. The van der Waals surface area contributed by atoms with Gasteiger partial charge in [0.1, 0.15) is 5.82 Å². The summed E-state index contributed by atoms with van der Waals surface area (Å²) in [7, 11) is 0. The molecule has 0 spiro atoms. The first-order chi connectivity index (χ1) is 15.0. The largest absolute Gasteiger partial charge is 0.324 e. The number of nitrogens with one attached hydrogen (secondary N) is 1. The number of anilines is 1. The first-order valence-corrected chi connectivity index (χ1v) is 12.0.